The number of likely N-dealkylation sites (tertiary alicyclic amines) is 1. The van der Waals surface area contributed by atoms with Crippen LogP contribution < -0.4 is 0 Å². The van der Waals surface area contributed by atoms with E-state index in [0.717, 1.165) is 17.2 Å². The summed E-state index contributed by atoms with van der Waals surface area (Å²) < 4.78 is 0. The van der Waals surface area contributed by atoms with Crippen LogP contribution in [0.2, 0.25) is 0 Å². The number of benzene rings is 1. The maximum Gasteiger partial charge on any atom is 0.123 e. The van der Waals surface area contributed by atoms with Crippen LogP contribution in [0.5, 0.6) is 0 Å². The van der Waals surface area contributed by atoms with Gasteiger partial charge in [-0.2, -0.15) is 0 Å². The largest absolute Gasteiger partial charge is 0.294 e. The maximum absolute atomic E-state index is 5.81. The molecule has 0 spiro atoms. The summed E-state index contributed by atoms with van der Waals surface area (Å²) >= 11 is 7.47. The zero-order valence-electron chi connectivity index (χ0n) is 12.6. The highest BCUT2D eigenvalue weighted by Gasteiger charge is 2.31. The summed E-state index contributed by atoms with van der Waals surface area (Å²) in [7, 11) is 0. The highest BCUT2D eigenvalue weighted by Crippen LogP contribution is 2.30. The summed E-state index contributed by atoms with van der Waals surface area (Å²) in [6.45, 7) is 6.94. The van der Waals surface area contributed by atoms with Gasteiger partial charge in [0.25, 0.3) is 0 Å². The first kappa shape index (κ1) is 15.0. The summed E-state index contributed by atoms with van der Waals surface area (Å²) in [5.41, 5.74) is 3.85. The van der Waals surface area contributed by atoms with Crippen molar-refractivity contribution in [1.82, 2.24) is 9.88 Å². The lowest BCUT2D eigenvalue weighted by molar-refractivity contribution is 0.166. The second kappa shape index (κ2) is 6.07. The van der Waals surface area contributed by atoms with Crippen LogP contribution in [0, 0.1) is 0 Å². The molecule has 2 heterocycles. The summed E-state index contributed by atoms with van der Waals surface area (Å²) in [5, 5.41) is 3.09. The zero-order chi connectivity index (χ0) is 14.9. The van der Waals surface area contributed by atoms with Crippen molar-refractivity contribution < 1.29 is 0 Å². The highest BCUT2D eigenvalue weighted by molar-refractivity contribution is 7.13. The fourth-order valence-electron chi connectivity index (χ4n) is 2.93. The van der Waals surface area contributed by atoms with E-state index in [1.807, 2.05) is 5.38 Å². The monoisotopic (exact) mass is 320 g/mol. The number of nitrogens with zero attached hydrogens (tertiary/aromatic N) is 2. The Morgan fingerprint density at radius 2 is 2.05 bits per heavy atom. The number of alkyl halides is 1. The number of aromatic nitrogens is 1. The lowest BCUT2D eigenvalue weighted by Gasteiger charge is -2.31. The molecule has 1 aromatic carbocycles. The van der Waals surface area contributed by atoms with Crippen molar-refractivity contribution in [2.45, 2.75) is 44.7 Å². The Kier molecular flexibility index (Phi) is 4.34. The molecule has 0 N–H and O–H groups in total. The van der Waals surface area contributed by atoms with Crippen molar-refractivity contribution in [3.05, 3.63) is 40.9 Å². The number of hydrogen-bond donors (Lipinski definition) is 0. The molecule has 21 heavy (non-hydrogen) atoms. The summed E-state index contributed by atoms with van der Waals surface area (Å²) in [6, 6.07) is 8.81. The molecule has 0 amide bonds. The van der Waals surface area contributed by atoms with Gasteiger partial charge in [-0.15, -0.1) is 22.9 Å². The average Bonchev–Trinajstić information content (AvgIpc) is 3.07. The number of thiazole rings is 1. The Morgan fingerprint density at radius 3 is 2.62 bits per heavy atom. The predicted molar refractivity (Wildman–Crippen MR) is 90.8 cm³/mol. The Hall–Kier alpha value is -0.900. The normalized spacial score (nSPS) is 18.2. The molecule has 0 saturated carbocycles. The van der Waals surface area contributed by atoms with Crippen molar-refractivity contribution in [2.75, 3.05) is 6.54 Å². The molecule has 0 atom stereocenters. The number of rotatable bonds is 4. The molecular formula is C17H21ClN2S. The maximum atomic E-state index is 5.81. The Balaban J connectivity index is 1.72. The van der Waals surface area contributed by atoms with Gasteiger partial charge in [0.2, 0.25) is 0 Å². The molecule has 1 fully saturated rings. The molecule has 0 bridgehead atoms. The van der Waals surface area contributed by atoms with Crippen molar-refractivity contribution in [3.63, 3.8) is 0 Å². The van der Waals surface area contributed by atoms with Gasteiger partial charge in [-0.3, -0.25) is 4.90 Å². The topological polar surface area (TPSA) is 16.1 Å². The highest BCUT2D eigenvalue weighted by atomic mass is 35.5. The van der Waals surface area contributed by atoms with E-state index < -0.39 is 0 Å². The Bertz CT molecular complexity index is 604. The number of hydrogen-bond acceptors (Lipinski definition) is 3. The Morgan fingerprint density at radius 1 is 1.29 bits per heavy atom. The summed E-state index contributed by atoms with van der Waals surface area (Å²) in [5.74, 6) is 0.485. The van der Waals surface area contributed by atoms with Gasteiger partial charge in [0.1, 0.15) is 5.01 Å². The van der Waals surface area contributed by atoms with E-state index in [0.29, 0.717) is 11.4 Å². The van der Waals surface area contributed by atoms with E-state index in [1.54, 1.807) is 11.3 Å². The van der Waals surface area contributed by atoms with Crippen LogP contribution in [0.15, 0.2) is 29.6 Å². The average molecular weight is 321 g/mol. The summed E-state index contributed by atoms with van der Waals surface area (Å²) in [6.07, 6.45) is 2.61. The smallest absolute Gasteiger partial charge is 0.123 e. The van der Waals surface area contributed by atoms with Crippen LogP contribution in [0.3, 0.4) is 0 Å². The fraction of sp³-hybridized carbons (Fsp3) is 0.471. The minimum atomic E-state index is 0.337. The van der Waals surface area contributed by atoms with Crippen molar-refractivity contribution in [3.8, 4) is 10.6 Å². The van der Waals surface area contributed by atoms with Gasteiger partial charge in [-0.1, -0.05) is 24.3 Å². The standard InChI is InChI=1S/C17H21ClN2S/c1-17(2)8-3-9-20(17)11-13-4-6-14(7-5-13)16-19-15(10-18)12-21-16/h4-7,12H,3,8-11H2,1-2H3. The van der Waals surface area contributed by atoms with E-state index in [9.17, 15) is 0 Å². The molecule has 1 saturated heterocycles. The molecule has 0 aliphatic carbocycles. The van der Waals surface area contributed by atoms with Gasteiger partial charge >= 0.3 is 0 Å². The minimum Gasteiger partial charge on any atom is -0.294 e. The second-order valence-corrected chi connectivity index (χ2v) is 7.44. The molecule has 4 heteroatoms. The van der Waals surface area contributed by atoms with E-state index >= 15 is 0 Å². The molecular weight excluding hydrogens is 300 g/mol. The Labute approximate surface area is 135 Å². The molecule has 2 aromatic rings. The van der Waals surface area contributed by atoms with Crippen molar-refractivity contribution in [2.24, 2.45) is 0 Å². The van der Waals surface area contributed by atoms with Gasteiger partial charge in [0, 0.05) is 23.0 Å². The van der Waals surface area contributed by atoms with Crippen LogP contribution >= 0.6 is 22.9 Å². The van der Waals surface area contributed by atoms with E-state index in [1.165, 1.54) is 30.5 Å². The van der Waals surface area contributed by atoms with Crippen LogP contribution in [0.4, 0.5) is 0 Å². The van der Waals surface area contributed by atoms with Gasteiger partial charge < -0.3 is 0 Å². The predicted octanol–water partition coefficient (Wildman–Crippen LogP) is 4.92. The molecule has 3 rings (SSSR count). The first-order valence-corrected chi connectivity index (χ1v) is 8.85. The molecule has 112 valence electrons. The molecule has 0 unspecified atom stereocenters. The third-order valence-corrected chi connectivity index (χ3v) is 5.55. The molecule has 0 radical (unpaired) electrons. The SMILES string of the molecule is CC1(C)CCCN1Cc1ccc(-c2nc(CCl)cs2)cc1. The van der Waals surface area contributed by atoms with E-state index in [-0.39, 0.29) is 0 Å². The first-order chi connectivity index (χ1) is 10.1. The van der Waals surface area contributed by atoms with E-state index in [4.69, 9.17) is 11.6 Å². The van der Waals surface area contributed by atoms with Crippen LogP contribution in [-0.4, -0.2) is 22.0 Å². The van der Waals surface area contributed by atoms with Crippen molar-refractivity contribution >= 4 is 22.9 Å². The number of halogens is 1. The molecule has 1 aliphatic rings. The summed E-state index contributed by atoms with van der Waals surface area (Å²) in [4.78, 5) is 7.11. The van der Waals surface area contributed by atoms with Gasteiger partial charge in [-0.25, -0.2) is 4.98 Å². The zero-order valence-corrected chi connectivity index (χ0v) is 14.2. The fourth-order valence-corrected chi connectivity index (χ4v) is 3.98. The van der Waals surface area contributed by atoms with E-state index in [2.05, 4.69) is 48.0 Å². The lowest BCUT2D eigenvalue weighted by Crippen LogP contribution is -2.37. The first-order valence-electron chi connectivity index (χ1n) is 7.43. The third kappa shape index (κ3) is 3.31. The minimum absolute atomic E-state index is 0.337. The second-order valence-electron chi connectivity index (χ2n) is 6.31. The van der Waals surface area contributed by atoms with Gasteiger partial charge in [0.05, 0.1) is 11.6 Å². The molecule has 1 aliphatic heterocycles. The molecule has 1 aromatic heterocycles. The van der Waals surface area contributed by atoms with Gasteiger partial charge in [-0.05, 0) is 38.8 Å². The van der Waals surface area contributed by atoms with Gasteiger partial charge in [0.15, 0.2) is 0 Å². The van der Waals surface area contributed by atoms with Crippen molar-refractivity contribution in [1.29, 1.82) is 0 Å². The molecule has 2 nitrogen and oxygen atoms in total. The van der Waals surface area contributed by atoms with Crippen LogP contribution in [-0.2, 0) is 12.4 Å². The third-order valence-electron chi connectivity index (χ3n) is 4.34. The van der Waals surface area contributed by atoms with Crippen LogP contribution in [0.25, 0.3) is 10.6 Å². The lowest BCUT2D eigenvalue weighted by atomic mass is 10.0. The van der Waals surface area contributed by atoms with Crippen LogP contribution in [0.1, 0.15) is 37.9 Å². The quantitative estimate of drug-likeness (QED) is 0.743.